The molecule has 0 atom stereocenters. The van der Waals surface area contributed by atoms with Crippen molar-refractivity contribution >= 4 is 34.0 Å². The van der Waals surface area contributed by atoms with Crippen molar-refractivity contribution in [2.24, 2.45) is 0 Å². The standard InChI is InChI=1S/C24H24N6O3/c1-14-7-6-8-18-15(2)11-21(25-23(14)18)29-22(12-16(3)27-29)26-24(31)17-9-10-19(28(4)5)20(13-17)30(32)33/h6-13H,1-5H3,(H,26,31). The van der Waals surface area contributed by atoms with E-state index in [9.17, 15) is 14.9 Å². The molecule has 4 aromatic rings. The normalized spacial score (nSPS) is 10.9. The average Bonchev–Trinajstić information content (AvgIpc) is 3.13. The Morgan fingerprint density at radius 2 is 1.82 bits per heavy atom. The lowest BCUT2D eigenvalue weighted by Gasteiger charge is -2.14. The van der Waals surface area contributed by atoms with Crippen LogP contribution in [-0.4, -0.2) is 39.7 Å². The van der Waals surface area contributed by atoms with E-state index in [-0.39, 0.29) is 11.3 Å². The van der Waals surface area contributed by atoms with E-state index in [4.69, 9.17) is 4.98 Å². The molecule has 0 aliphatic carbocycles. The largest absolute Gasteiger partial charge is 0.372 e. The maximum Gasteiger partial charge on any atom is 0.293 e. The smallest absolute Gasteiger partial charge is 0.293 e. The van der Waals surface area contributed by atoms with Crippen LogP contribution in [0.1, 0.15) is 27.2 Å². The van der Waals surface area contributed by atoms with Crippen molar-refractivity contribution in [3.8, 4) is 5.82 Å². The van der Waals surface area contributed by atoms with Gasteiger partial charge in [-0.2, -0.15) is 9.78 Å². The molecule has 4 rings (SSSR count). The van der Waals surface area contributed by atoms with Crippen LogP contribution in [0, 0.1) is 30.9 Å². The first kappa shape index (κ1) is 21.9. The van der Waals surface area contributed by atoms with Crippen molar-refractivity contribution in [3.63, 3.8) is 0 Å². The number of nitrogens with zero attached hydrogens (tertiary/aromatic N) is 5. The van der Waals surface area contributed by atoms with Crippen molar-refractivity contribution in [2.45, 2.75) is 20.8 Å². The number of nitro benzene ring substituents is 1. The van der Waals surface area contributed by atoms with Crippen LogP contribution in [-0.2, 0) is 0 Å². The van der Waals surface area contributed by atoms with Crippen LogP contribution >= 0.6 is 0 Å². The van der Waals surface area contributed by atoms with Gasteiger partial charge in [0.2, 0.25) is 0 Å². The molecule has 33 heavy (non-hydrogen) atoms. The monoisotopic (exact) mass is 444 g/mol. The van der Waals surface area contributed by atoms with Gasteiger partial charge in [0.05, 0.1) is 16.1 Å². The summed E-state index contributed by atoms with van der Waals surface area (Å²) in [6.07, 6.45) is 0. The molecule has 9 nitrogen and oxygen atoms in total. The molecule has 168 valence electrons. The predicted octanol–water partition coefficient (Wildman–Crippen LogP) is 4.57. The third kappa shape index (κ3) is 4.12. The van der Waals surface area contributed by atoms with Crippen LogP contribution < -0.4 is 10.2 Å². The lowest BCUT2D eigenvalue weighted by molar-refractivity contribution is -0.384. The molecule has 2 aromatic heterocycles. The highest BCUT2D eigenvalue weighted by Crippen LogP contribution is 2.29. The third-order valence-electron chi connectivity index (χ3n) is 5.44. The zero-order valence-corrected chi connectivity index (χ0v) is 19.1. The average molecular weight is 444 g/mol. The van der Waals surface area contributed by atoms with Crippen LogP contribution in [0.5, 0.6) is 0 Å². The number of carbonyl (C=O) groups is 1. The number of pyridine rings is 1. The molecule has 0 spiro atoms. The number of rotatable bonds is 5. The first-order valence-electron chi connectivity index (χ1n) is 10.4. The molecule has 1 amide bonds. The molecule has 0 radical (unpaired) electrons. The maximum atomic E-state index is 13.0. The van der Waals surface area contributed by atoms with Crippen molar-refractivity contribution in [2.75, 3.05) is 24.3 Å². The molecular formula is C24H24N6O3. The Morgan fingerprint density at radius 3 is 2.52 bits per heavy atom. The van der Waals surface area contributed by atoms with E-state index in [0.717, 1.165) is 22.0 Å². The number of carbonyl (C=O) groups excluding carboxylic acids is 1. The highest BCUT2D eigenvalue weighted by atomic mass is 16.6. The zero-order valence-electron chi connectivity index (χ0n) is 19.1. The lowest BCUT2D eigenvalue weighted by atomic mass is 10.1. The molecule has 0 unspecified atom stereocenters. The number of para-hydroxylation sites is 1. The van der Waals surface area contributed by atoms with Crippen LogP contribution in [0.4, 0.5) is 17.2 Å². The van der Waals surface area contributed by atoms with Gasteiger partial charge in [-0.05, 0) is 50.1 Å². The highest BCUT2D eigenvalue weighted by molar-refractivity contribution is 6.05. The molecule has 0 saturated heterocycles. The second-order valence-electron chi connectivity index (χ2n) is 8.16. The summed E-state index contributed by atoms with van der Waals surface area (Å²) in [5, 5.41) is 19.9. The minimum absolute atomic E-state index is 0.139. The number of fused-ring (bicyclic) bond motifs is 1. The van der Waals surface area contributed by atoms with E-state index in [0.29, 0.717) is 23.0 Å². The summed E-state index contributed by atoms with van der Waals surface area (Å²) in [6, 6.07) is 14.1. The lowest BCUT2D eigenvalue weighted by Crippen LogP contribution is -2.17. The van der Waals surface area contributed by atoms with Gasteiger partial charge < -0.3 is 10.2 Å². The summed E-state index contributed by atoms with van der Waals surface area (Å²) in [5.74, 6) is 0.529. The summed E-state index contributed by atoms with van der Waals surface area (Å²) in [5.41, 5.74) is 4.11. The summed E-state index contributed by atoms with van der Waals surface area (Å²) < 4.78 is 1.58. The van der Waals surface area contributed by atoms with E-state index >= 15 is 0 Å². The van der Waals surface area contributed by atoms with Gasteiger partial charge in [0.25, 0.3) is 11.6 Å². The molecule has 0 aliphatic rings. The Hall–Kier alpha value is -4.27. The number of benzene rings is 2. The fourth-order valence-corrected chi connectivity index (χ4v) is 3.79. The zero-order chi connectivity index (χ0) is 23.9. The van der Waals surface area contributed by atoms with E-state index < -0.39 is 10.8 Å². The van der Waals surface area contributed by atoms with Gasteiger partial charge >= 0.3 is 0 Å². The second kappa shape index (κ2) is 8.34. The summed E-state index contributed by atoms with van der Waals surface area (Å²) in [6.45, 7) is 5.83. The fourth-order valence-electron chi connectivity index (χ4n) is 3.79. The maximum absolute atomic E-state index is 13.0. The number of nitro groups is 1. The highest BCUT2D eigenvalue weighted by Gasteiger charge is 2.20. The molecule has 1 N–H and O–H groups in total. The third-order valence-corrected chi connectivity index (χ3v) is 5.44. The number of aryl methyl sites for hydroxylation is 3. The molecule has 0 fully saturated rings. The summed E-state index contributed by atoms with van der Waals surface area (Å²) in [7, 11) is 3.42. The van der Waals surface area contributed by atoms with Crippen molar-refractivity contribution < 1.29 is 9.72 Å². The Bertz CT molecular complexity index is 1410. The van der Waals surface area contributed by atoms with Crippen LogP contribution in [0.15, 0.2) is 48.5 Å². The number of aromatic nitrogens is 3. The van der Waals surface area contributed by atoms with Crippen molar-refractivity contribution in [1.82, 2.24) is 14.8 Å². The van der Waals surface area contributed by atoms with E-state index in [1.165, 1.54) is 6.07 Å². The quantitative estimate of drug-likeness (QED) is 0.357. The summed E-state index contributed by atoms with van der Waals surface area (Å²) in [4.78, 5) is 30.4. The molecule has 2 aromatic carbocycles. The molecule has 9 heteroatoms. The van der Waals surface area contributed by atoms with Gasteiger partial charge in [0, 0.05) is 37.2 Å². The molecule has 0 saturated carbocycles. The van der Waals surface area contributed by atoms with Gasteiger partial charge in [-0.3, -0.25) is 14.9 Å². The molecular weight excluding hydrogens is 420 g/mol. The molecule has 0 aliphatic heterocycles. The first-order chi connectivity index (χ1) is 15.7. The minimum atomic E-state index is -0.495. The van der Waals surface area contributed by atoms with Crippen LogP contribution in [0.2, 0.25) is 0 Å². The van der Waals surface area contributed by atoms with Crippen LogP contribution in [0.25, 0.3) is 16.7 Å². The summed E-state index contributed by atoms with van der Waals surface area (Å²) >= 11 is 0. The van der Waals surface area contributed by atoms with Gasteiger partial charge in [-0.1, -0.05) is 18.2 Å². The van der Waals surface area contributed by atoms with E-state index in [1.54, 1.807) is 41.9 Å². The number of hydrogen-bond donors (Lipinski definition) is 1. The molecule has 0 bridgehead atoms. The predicted molar refractivity (Wildman–Crippen MR) is 128 cm³/mol. The van der Waals surface area contributed by atoms with E-state index in [2.05, 4.69) is 10.4 Å². The minimum Gasteiger partial charge on any atom is -0.372 e. The first-order valence-corrected chi connectivity index (χ1v) is 10.4. The van der Waals surface area contributed by atoms with Gasteiger partial charge in [-0.15, -0.1) is 0 Å². The second-order valence-corrected chi connectivity index (χ2v) is 8.16. The van der Waals surface area contributed by atoms with Gasteiger partial charge in [0.1, 0.15) is 11.5 Å². The van der Waals surface area contributed by atoms with Crippen LogP contribution in [0.3, 0.4) is 0 Å². The molecule has 2 heterocycles. The van der Waals surface area contributed by atoms with Gasteiger partial charge in [-0.25, -0.2) is 4.98 Å². The fraction of sp³-hybridized carbons (Fsp3) is 0.208. The van der Waals surface area contributed by atoms with E-state index in [1.807, 2.05) is 45.0 Å². The number of amides is 1. The van der Waals surface area contributed by atoms with Crippen molar-refractivity contribution in [3.05, 3.63) is 81.0 Å². The number of nitrogens with one attached hydrogen (secondary N) is 1. The Kier molecular flexibility index (Phi) is 5.55. The number of hydrogen-bond acceptors (Lipinski definition) is 6. The van der Waals surface area contributed by atoms with Crippen molar-refractivity contribution in [1.29, 1.82) is 0 Å². The van der Waals surface area contributed by atoms with Gasteiger partial charge in [0.15, 0.2) is 5.82 Å². The Labute approximate surface area is 190 Å². The SMILES string of the molecule is Cc1cc(NC(=O)c2ccc(N(C)C)c([N+](=O)[O-])c2)n(-c2cc(C)c3cccc(C)c3n2)n1. The topological polar surface area (TPSA) is 106 Å². The number of anilines is 2. The Balaban J connectivity index is 1.73. The Morgan fingerprint density at radius 1 is 1.06 bits per heavy atom.